The highest BCUT2D eigenvalue weighted by Gasteiger charge is 2.33. The molecule has 1 aliphatic heterocycles. The number of hydrogen-bond donors (Lipinski definition) is 1. The first-order valence-electron chi connectivity index (χ1n) is 6.09. The Morgan fingerprint density at radius 2 is 2.11 bits per heavy atom. The molecule has 0 saturated carbocycles. The minimum atomic E-state index is -4.34. The van der Waals surface area contributed by atoms with Crippen LogP contribution in [0.3, 0.4) is 0 Å². The second-order valence-electron chi connectivity index (χ2n) is 4.62. The maximum Gasteiger partial charge on any atom is 0.416 e. The van der Waals surface area contributed by atoms with E-state index in [1.165, 1.54) is 13.2 Å². The Morgan fingerprint density at radius 1 is 1.37 bits per heavy atom. The maximum absolute atomic E-state index is 12.9. The van der Waals surface area contributed by atoms with Gasteiger partial charge in [-0.3, -0.25) is 0 Å². The molecule has 1 saturated heterocycles. The third kappa shape index (κ3) is 3.23. The third-order valence-electron chi connectivity index (χ3n) is 3.34. The van der Waals surface area contributed by atoms with Crippen LogP contribution in [0.25, 0.3) is 0 Å². The molecule has 1 aliphatic rings. The van der Waals surface area contributed by atoms with Gasteiger partial charge in [-0.2, -0.15) is 13.2 Å². The number of methoxy groups -OCH3 is 1. The van der Waals surface area contributed by atoms with Crippen molar-refractivity contribution in [2.75, 3.05) is 20.2 Å². The van der Waals surface area contributed by atoms with E-state index in [9.17, 15) is 13.2 Å². The van der Waals surface area contributed by atoms with Gasteiger partial charge in [0.2, 0.25) is 0 Å². The number of ether oxygens (including phenoxy) is 1. The van der Waals surface area contributed by atoms with Gasteiger partial charge in [0, 0.05) is 18.0 Å². The molecule has 0 radical (unpaired) electrons. The van der Waals surface area contributed by atoms with E-state index in [0.29, 0.717) is 22.3 Å². The molecule has 1 unspecified atom stereocenters. The lowest BCUT2D eigenvalue weighted by atomic mass is 9.90. The van der Waals surface area contributed by atoms with E-state index >= 15 is 0 Å². The highest BCUT2D eigenvalue weighted by molar-refractivity contribution is 9.10. The molecule has 1 heterocycles. The number of nitrogens with one attached hydrogen (secondary N) is 1. The molecule has 106 valence electrons. The maximum atomic E-state index is 12.9. The quantitative estimate of drug-likeness (QED) is 0.882. The molecular weight excluding hydrogens is 323 g/mol. The molecular formula is C13H15BrF3NO. The van der Waals surface area contributed by atoms with E-state index in [1.807, 2.05) is 0 Å². The van der Waals surface area contributed by atoms with Crippen LogP contribution < -0.4 is 10.1 Å². The van der Waals surface area contributed by atoms with Crippen LogP contribution in [-0.4, -0.2) is 20.2 Å². The molecule has 0 aromatic heterocycles. The van der Waals surface area contributed by atoms with Crippen LogP contribution in [-0.2, 0) is 6.18 Å². The normalized spacial score (nSPS) is 20.4. The van der Waals surface area contributed by atoms with Crippen molar-refractivity contribution in [2.45, 2.75) is 24.9 Å². The van der Waals surface area contributed by atoms with Gasteiger partial charge in [0.05, 0.1) is 17.1 Å². The zero-order valence-electron chi connectivity index (χ0n) is 10.5. The van der Waals surface area contributed by atoms with Gasteiger partial charge in [-0.15, -0.1) is 0 Å². The average Bonchev–Trinajstić information content (AvgIpc) is 2.37. The lowest BCUT2D eigenvalue weighted by Gasteiger charge is -2.26. The van der Waals surface area contributed by atoms with E-state index in [4.69, 9.17) is 4.74 Å². The Balaban J connectivity index is 2.46. The topological polar surface area (TPSA) is 21.3 Å². The number of alkyl halides is 3. The van der Waals surface area contributed by atoms with Crippen molar-refractivity contribution in [1.82, 2.24) is 5.32 Å². The van der Waals surface area contributed by atoms with Crippen molar-refractivity contribution < 1.29 is 17.9 Å². The standard InChI is InChI=1S/C13H15BrF3NO/c1-19-12-10(8-3-2-4-18-7-8)5-9(6-11(12)14)13(15,16)17/h5-6,8,18H,2-4,7H2,1H3. The third-order valence-corrected chi connectivity index (χ3v) is 3.93. The molecule has 1 N–H and O–H groups in total. The Labute approximate surface area is 118 Å². The van der Waals surface area contributed by atoms with Crippen molar-refractivity contribution in [3.05, 3.63) is 27.7 Å². The van der Waals surface area contributed by atoms with Gasteiger partial charge in [-0.1, -0.05) is 0 Å². The number of benzene rings is 1. The summed E-state index contributed by atoms with van der Waals surface area (Å²) < 4.78 is 44.2. The lowest BCUT2D eigenvalue weighted by molar-refractivity contribution is -0.137. The first-order chi connectivity index (χ1) is 8.93. The van der Waals surface area contributed by atoms with Crippen molar-refractivity contribution >= 4 is 15.9 Å². The molecule has 2 rings (SSSR count). The summed E-state index contributed by atoms with van der Waals surface area (Å²) in [7, 11) is 1.48. The summed E-state index contributed by atoms with van der Waals surface area (Å²) in [6.45, 7) is 1.60. The van der Waals surface area contributed by atoms with Gasteiger partial charge in [-0.25, -0.2) is 0 Å². The van der Waals surface area contributed by atoms with E-state index < -0.39 is 11.7 Å². The molecule has 1 aromatic rings. The van der Waals surface area contributed by atoms with Gasteiger partial charge in [0.25, 0.3) is 0 Å². The fourth-order valence-corrected chi connectivity index (χ4v) is 3.05. The second kappa shape index (κ2) is 5.71. The molecule has 1 fully saturated rings. The molecule has 6 heteroatoms. The molecule has 1 atom stereocenters. The monoisotopic (exact) mass is 337 g/mol. The van der Waals surface area contributed by atoms with Gasteiger partial charge in [0.1, 0.15) is 5.75 Å². The van der Waals surface area contributed by atoms with Crippen molar-refractivity contribution in [1.29, 1.82) is 0 Å². The summed E-state index contributed by atoms with van der Waals surface area (Å²) >= 11 is 3.17. The predicted octanol–water partition coefficient (Wildman–Crippen LogP) is 3.94. The SMILES string of the molecule is COc1c(Br)cc(C(F)(F)F)cc1C1CCCNC1. The first kappa shape index (κ1) is 14.7. The molecule has 0 amide bonds. The van der Waals surface area contributed by atoms with Crippen LogP contribution in [0.5, 0.6) is 5.75 Å². The van der Waals surface area contributed by atoms with Crippen LogP contribution in [0.1, 0.15) is 29.9 Å². The minimum Gasteiger partial charge on any atom is -0.495 e. The van der Waals surface area contributed by atoms with Crippen molar-refractivity contribution in [2.24, 2.45) is 0 Å². The Bertz CT molecular complexity index is 456. The smallest absolute Gasteiger partial charge is 0.416 e. The number of rotatable bonds is 2. The number of hydrogen-bond acceptors (Lipinski definition) is 2. The molecule has 19 heavy (non-hydrogen) atoms. The lowest BCUT2D eigenvalue weighted by Crippen LogP contribution is -2.28. The van der Waals surface area contributed by atoms with Crippen LogP contribution in [0, 0.1) is 0 Å². The van der Waals surface area contributed by atoms with Crippen molar-refractivity contribution in [3.63, 3.8) is 0 Å². The summed E-state index contributed by atoms with van der Waals surface area (Å²) in [6, 6.07) is 2.28. The minimum absolute atomic E-state index is 0.0577. The highest BCUT2D eigenvalue weighted by Crippen LogP contribution is 2.41. The Hall–Kier alpha value is -0.750. The van der Waals surface area contributed by atoms with Crippen molar-refractivity contribution in [3.8, 4) is 5.75 Å². The van der Waals surface area contributed by atoms with E-state index in [2.05, 4.69) is 21.2 Å². The molecule has 0 spiro atoms. The van der Waals surface area contributed by atoms with Gasteiger partial charge in [-0.05, 0) is 47.4 Å². The highest BCUT2D eigenvalue weighted by atomic mass is 79.9. The first-order valence-corrected chi connectivity index (χ1v) is 6.88. The largest absolute Gasteiger partial charge is 0.495 e. The van der Waals surface area contributed by atoms with Gasteiger partial charge in [0.15, 0.2) is 0 Å². The zero-order chi connectivity index (χ0) is 14.0. The number of halogens is 4. The molecule has 0 aliphatic carbocycles. The van der Waals surface area contributed by atoms with Crippen LogP contribution in [0.2, 0.25) is 0 Å². The number of piperidine rings is 1. The summed E-state index contributed by atoms with van der Waals surface area (Å²) in [5.74, 6) is 0.559. The average molecular weight is 338 g/mol. The molecule has 0 bridgehead atoms. The summed E-state index contributed by atoms with van der Waals surface area (Å²) in [4.78, 5) is 0. The predicted molar refractivity (Wildman–Crippen MR) is 70.5 cm³/mol. The fourth-order valence-electron chi connectivity index (χ4n) is 2.41. The van der Waals surface area contributed by atoms with E-state index in [1.54, 1.807) is 0 Å². The summed E-state index contributed by atoms with van der Waals surface area (Å²) in [6.07, 6.45) is -2.51. The van der Waals surface area contributed by atoms with E-state index in [0.717, 1.165) is 25.5 Å². The molecule has 1 aromatic carbocycles. The molecule has 2 nitrogen and oxygen atoms in total. The summed E-state index contributed by atoms with van der Waals surface area (Å²) in [5.41, 5.74) is -0.0165. The summed E-state index contributed by atoms with van der Waals surface area (Å²) in [5, 5.41) is 3.21. The second-order valence-corrected chi connectivity index (χ2v) is 5.48. The Morgan fingerprint density at radius 3 is 2.63 bits per heavy atom. The Kier molecular flexibility index (Phi) is 4.40. The zero-order valence-corrected chi connectivity index (χ0v) is 12.1. The van der Waals surface area contributed by atoms with E-state index in [-0.39, 0.29) is 5.92 Å². The van der Waals surface area contributed by atoms with Gasteiger partial charge < -0.3 is 10.1 Å². The van der Waals surface area contributed by atoms with Gasteiger partial charge >= 0.3 is 6.18 Å². The fraction of sp³-hybridized carbons (Fsp3) is 0.538. The van der Waals surface area contributed by atoms with Crippen LogP contribution in [0.4, 0.5) is 13.2 Å². The van der Waals surface area contributed by atoms with Crippen LogP contribution in [0.15, 0.2) is 16.6 Å². The van der Waals surface area contributed by atoms with Crippen LogP contribution >= 0.6 is 15.9 Å².